The highest BCUT2D eigenvalue weighted by atomic mass is 35.5. The molecule has 0 spiro atoms. The van der Waals surface area contributed by atoms with Crippen molar-refractivity contribution in [1.29, 1.82) is 0 Å². The topological polar surface area (TPSA) is 184 Å². The molecule has 14 nitrogen and oxygen atoms in total. The lowest BCUT2D eigenvalue weighted by Gasteiger charge is -2.35. The van der Waals surface area contributed by atoms with Gasteiger partial charge in [0.2, 0.25) is 17.7 Å². The summed E-state index contributed by atoms with van der Waals surface area (Å²) in [5.41, 5.74) is 9.40. The van der Waals surface area contributed by atoms with E-state index in [1.807, 2.05) is 57.5 Å². The number of nitrogens with zero attached hydrogens (tertiary/aromatic N) is 2. The average Bonchev–Trinajstić information content (AvgIpc) is 3.68. The highest BCUT2D eigenvalue weighted by Crippen LogP contribution is 2.28. The predicted molar refractivity (Wildman–Crippen MR) is 199 cm³/mol. The molecule has 1 fully saturated rings. The van der Waals surface area contributed by atoms with Gasteiger partial charge in [-0.05, 0) is 23.5 Å². The quantitative estimate of drug-likeness (QED) is 0.129. The van der Waals surface area contributed by atoms with Crippen molar-refractivity contribution in [3.8, 4) is 10.4 Å². The van der Waals surface area contributed by atoms with Crippen LogP contribution < -0.4 is 16.4 Å². The SMILES string of the molecule is Cc1ncsc1-c1ccc(CNC(=O)[C@@H]2C[C@@H](O)CN2C(=O)[C@@H](NC(=O)COCCOCCOCCOCCOCCN)C(C)(C)C)cc1.Cl.Cl. The van der Waals surface area contributed by atoms with Gasteiger partial charge in [0.25, 0.3) is 0 Å². The van der Waals surface area contributed by atoms with Crippen LogP contribution in [-0.4, -0.2) is 130 Å². The number of hydrogen-bond acceptors (Lipinski definition) is 12. The van der Waals surface area contributed by atoms with Crippen LogP contribution >= 0.6 is 36.2 Å². The number of thiazole rings is 1. The minimum Gasteiger partial charge on any atom is -0.391 e. The van der Waals surface area contributed by atoms with E-state index >= 15 is 0 Å². The Balaban J connectivity index is 0.00000650. The van der Waals surface area contributed by atoms with E-state index in [0.29, 0.717) is 52.8 Å². The minimum absolute atomic E-state index is 0. The van der Waals surface area contributed by atoms with Crippen molar-refractivity contribution in [3.05, 3.63) is 41.0 Å². The molecule has 3 rings (SSSR count). The zero-order chi connectivity index (χ0) is 35.6. The maximum Gasteiger partial charge on any atom is 0.246 e. The molecule has 2 heterocycles. The van der Waals surface area contributed by atoms with Crippen LogP contribution in [-0.2, 0) is 44.6 Å². The molecule has 1 aromatic carbocycles. The lowest BCUT2D eigenvalue weighted by atomic mass is 9.85. The fourth-order valence-corrected chi connectivity index (χ4v) is 5.92. The molecule has 290 valence electrons. The van der Waals surface area contributed by atoms with Crippen molar-refractivity contribution in [2.75, 3.05) is 79.2 Å². The lowest BCUT2D eigenvalue weighted by molar-refractivity contribution is -0.144. The van der Waals surface area contributed by atoms with Crippen molar-refractivity contribution in [2.24, 2.45) is 11.1 Å². The van der Waals surface area contributed by atoms with Crippen molar-refractivity contribution in [2.45, 2.75) is 58.8 Å². The van der Waals surface area contributed by atoms with Gasteiger partial charge < -0.3 is 50.1 Å². The smallest absolute Gasteiger partial charge is 0.246 e. The van der Waals surface area contributed by atoms with Crippen LogP contribution in [0.3, 0.4) is 0 Å². The first-order valence-electron chi connectivity index (χ1n) is 16.6. The first-order chi connectivity index (χ1) is 23.5. The highest BCUT2D eigenvalue weighted by Gasteiger charge is 2.44. The third-order valence-electron chi connectivity index (χ3n) is 7.69. The van der Waals surface area contributed by atoms with E-state index in [4.69, 9.17) is 29.4 Å². The fraction of sp³-hybridized carbons (Fsp3) is 0.647. The van der Waals surface area contributed by atoms with Crippen LogP contribution in [0.2, 0.25) is 0 Å². The van der Waals surface area contributed by atoms with Crippen LogP contribution in [0.4, 0.5) is 0 Å². The van der Waals surface area contributed by atoms with E-state index in [2.05, 4.69) is 15.6 Å². The molecule has 1 aromatic heterocycles. The maximum atomic E-state index is 13.8. The summed E-state index contributed by atoms with van der Waals surface area (Å²) in [5, 5.41) is 16.1. The van der Waals surface area contributed by atoms with Gasteiger partial charge in [0.15, 0.2) is 0 Å². The van der Waals surface area contributed by atoms with Crippen LogP contribution in [0, 0.1) is 12.3 Å². The number of rotatable bonds is 22. The Morgan fingerprint density at radius 2 is 1.49 bits per heavy atom. The summed E-state index contributed by atoms with van der Waals surface area (Å²) in [4.78, 5) is 46.6. The number of nitrogens with two attached hydrogens (primary N) is 1. The second-order valence-electron chi connectivity index (χ2n) is 12.7. The van der Waals surface area contributed by atoms with E-state index < -0.39 is 35.4 Å². The number of hydrogen-bond donors (Lipinski definition) is 4. The van der Waals surface area contributed by atoms with Gasteiger partial charge in [-0.1, -0.05) is 45.0 Å². The fourth-order valence-electron chi connectivity index (χ4n) is 5.11. The number of aliphatic hydroxyl groups excluding tert-OH is 1. The molecule has 0 bridgehead atoms. The molecule has 0 saturated carbocycles. The van der Waals surface area contributed by atoms with Gasteiger partial charge in [0.05, 0.1) is 81.6 Å². The number of aromatic nitrogens is 1. The number of carbonyl (C=O) groups excluding carboxylic acids is 3. The van der Waals surface area contributed by atoms with E-state index in [-0.39, 0.29) is 70.1 Å². The summed E-state index contributed by atoms with van der Waals surface area (Å²) in [6.45, 7) is 11.6. The average molecular weight is 781 g/mol. The summed E-state index contributed by atoms with van der Waals surface area (Å²) in [6.07, 6.45) is -0.745. The van der Waals surface area contributed by atoms with Crippen molar-refractivity contribution < 1.29 is 43.2 Å². The second kappa shape index (κ2) is 24.7. The molecule has 17 heteroatoms. The Morgan fingerprint density at radius 3 is 2.00 bits per heavy atom. The number of halogens is 2. The molecule has 0 radical (unpaired) electrons. The third kappa shape index (κ3) is 16.4. The van der Waals surface area contributed by atoms with Gasteiger partial charge in [-0.3, -0.25) is 14.4 Å². The summed E-state index contributed by atoms with van der Waals surface area (Å²) >= 11 is 1.57. The molecule has 2 aromatic rings. The third-order valence-corrected chi connectivity index (χ3v) is 8.67. The van der Waals surface area contributed by atoms with Crippen LogP contribution in [0.15, 0.2) is 29.8 Å². The molecule has 3 atom stereocenters. The zero-order valence-corrected chi connectivity index (χ0v) is 32.4. The molecule has 1 aliphatic rings. The normalized spacial score (nSPS) is 16.2. The summed E-state index contributed by atoms with van der Waals surface area (Å²) in [5.74, 6) is -1.27. The summed E-state index contributed by atoms with van der Waals surface area (Å²) < 4.78 is 26.9. The van der Waals surface area contributed by atoms with Crippen LogP contribution in [0.25, 0.3) is 10.4 Å². The molecule has 0 unspecified atom stereocenters. The van der Waals surface area contributed by atoms with Gasteiger partial charge in [-0.2, -0.15) is 0 Å². The van der Waals surface area contributed by atoms with Crippen molar-refractivity contribution >= 4 is 53.9 Å². The summed E-state index contributed by atoms with van der Waals surface area (Å²) in [7, 11) is 0. The molecular formula is C34H55Cl2N5O9S. The predicted octanol–water partition coefficient (Wildman–Crippen LogP) is 2.11. The minimum atomic E-state index is -0.942. The number of nitrogens with one attached hydrogen (secondary N) is 2. The van der Waals surface area contributed by atoms with E-state index in [0.717, 1.165) is 21.7 Å². The number of carbonyl (C=O) groups is 3. The number of amides is 3. The van der Waals surface area contributed by atoms with Gasteiger partial charge in [-0.15, -0.1) is 36.2 Å². The number of likely N-dealkylation sites (tertiary alicyclic amines) is 1. The second-order valence-corrected chi connectivity index (χ2v) is 13.6. The monoisotopic (exact) mass is 779 g/mol. The molecule has 3 amide bonds. The largest absolute Gasteiger partial charge is 0.391 e. The lowest BCUT2D eigenvalue weighted by Crippen LogP contribution is -2.58. The summed E-state index contributed by atoms with van der Waals surface area (Å²) in [6, 6.07) is 6.06. The number of ether oxygens (including phenoxy) is 5. The Morgan fingerprint density at radius 1 is 0.941 bits per heavy atom. The zero-order valence-electron chi connectivity index (χ0n) is 29.9. The number of aryl methyl sites for hydroxylation is 1. The molecular weight excluding hydrogens is 725 g/mol. The highest BCUT2D eigenvalue weighted by molar-refractivity contribution is 7.13. The number of aliphatic hydroxyl groups is 1. The number of benzene rings is 1. The molecule has 5 N–H and O–H groups in total. The Hall–Kier alpha value is -2.44. The van der Waals surface area contributed by atoms with Crippen LogP contribution in [0.1, 0.15) is 38.4 Å². The molecule has 0 aliphatic carbocycles. The Kier molecular flexibility index (Phi) is 22.6. The Labute approximate surface area is 317 Å². The number of β-amino-alcohol motifs (C(OH)–C–C–N with tert-alkyl or cyclic N) is 1. The van der Waals surface area contributed by atoms with Crippen molar-refractivity contribution in [1.82, 2.24) is 20.5 Å². The van der Waals surface area contributed by atoms with Gasteiger partial charge in [0.1, 0.15) is 18.7 Å². The first-order valence-corrected chi connectivity index (χ1v) is 17.5. The van der Waals surface area contributed by atoms with Crippen molar-refractivity contribution in [3.63, 3.8) is 0 Å². The van der Waals surface area contributed by atoms with Crippen LogP contribution in [0.5, 0.6) is 0 Å². The van der Waals surface area contributed by atoms with E-state index in [9.17, 15) is 19.5 Å². The molecule has 51 heavy (non-hydrogen) atoms. The van der Waals surface area contributed by atoms with Gasteiger partial charge in [-0.25, -0.2) is 4.98 Å². The first kappa shape index (κ1) is 46.6. The molecule has 1 saturated heterocycles. The standard InChI is InChI=1S/C34H53N5O9S.2ClH/c1-24-30(49-23-37-24)26-7-5-25(6-8-26)20-36-32(42)28-19-27(40)21-39(28)33(43)31(34(2,3)4)38-29(41)22-48-18-17-47-16-15-46-14-13-45-12-11-44-10-9-35;;/h5-8,23,27-28,31,40H,9-22,35H2,1-4H3,(H,36,42)(H,38,41);2*1H/t27-,28+,31-;;/m1../s1. The van der Waals surface area contributed by atoms with E-state index in [1.165, 1.54) is 4.90 Å². The van der Waals surface area contributed by atoms with Gasteiger partial charge >= 0.3 is 0 Å². The molecule has 1 aliphatic heterocycles. The maximum absolute atomic E-state index is 13.8. The van der Waals surface area contributed by atoms with Gasteiger partial charge in [0, 0.05) is 26.1 Å². The Bertz CT molecular complexity index is 1300. The van der Waals surface area contributed by atoms with E-state index in [1.54, 1.807) is 11.3 Å².